The summed E-state index contributed by atoms with van der Waals surface area (Å²) < 4.78 is 1.53. The summed E-state index contributed by atoms with van der Waals surface area (Å²) in [7, 11) is 0. The van der Waals surface area contributed by atoms with Crippen LogP contribution in [0.3, 0.4) is 0 Å². The Hall–Kier alpha value is -1.07. The molecule has 1 aliphatic rings. The van der Waals surface area contributed by atoms with Crippen molar-refractivity contribution in [3.63, 3.8) is 0 Å². The second-order valence-corrected chi connectivity index (χ2v) is 6.77. The van der Waals surface area contributed by atoms with Gasteiger partial charge >= 0.3 is 0 Å². The molecule has 1 aromatic heterocycles. The number of hydrogen-bond donors (Lipinski definition) is 2. The number of anilines is 1. The average molecular weight is 313 g/mol. The van der Waals surface area contributed by atoms with Gasteiger partial charge in [0.1, 0.15) is 5.69 Å². The Labute approximate surface area is 130 Å². The van der Waals surface area contributed by atoms with Crippen LogP contribution in [0.5, 0.6) is 0 Å². The Balaban J connectivity index is 2.16. The van der Waals surface area contributed by atoms with Crippen molar-refractivity contribution in [1.29, 1.82) is 0 Å². The van der Waals surface area contributed by atoms with Crippen molar-refractivity contribution in [1.82, 2.24) is 9.78 Å². The SMILES string of the molecule is CC(C)CC(CN)Nc1c(Cl)cnn(CC2CCC2)c1=O. The van der Waals surface area contributed by atoms with E-state index < -0.39 is 0 Å². The Morgan fingerprint density at radius 1 is 1.52 bits per heavy atom. The third-order valence-electron chi connectivity index (χ3n) is 4.04. The van der Waals surface area contributed by atoms with Crippen molar-refractivity contribution < 1.29 is 0 Å². The summed E-state index contributed by atoms with van der Waals surface area (Å²) in [4.78, 5) is 12.5. The molecule has 1 aliphatic carbocycles. The van der Waals surface area contributed by atoms with Crippen molar-refractivity contribution >= 4 is 17.3 Å². The molecule has 1 heterocycles. The van der Waals surface area contributed by atoms with Gasteiger partial charge < -0.3 is 11.1 Å². The standard InChI is InChI=1S/C15H25ClN4O/c1-10(2)6-12(7-17)19-14-13(16)8-18-20(15(14)21)9-11-4-3-5-11/h8,10-12,19H,3-7,9,17H2,1-2H3. The fourth-order valence-electron chi connectivity index (χ4n) is 2.64. The van der Waals surface area contributed by atoms with Crippen LogP contribution in [0.2, 0.25) is 5.02 Å². The molecule has 6 heteroatoms. The number of hydrogen-bond acceptors (Lipinski definition) is 4. The zero-order valence-corrected chi connectivity index (χ0v) is 13.6. The van der Waals surface area contributed by atoms with E-state index in [0.29, 0.717) is 35.6 Å². The predicted molar refractivity (Wildman–Crippen MR) is 86.8 cm³/mol. The maximum Gasteiger partial charge on any atom is 0.291 e. The first-order valence-corrected chi connectivity index (χ1v) is 8.11. The Bertz CT molecular complexity index is 525. The molecule has 2 rings (SSSR count). The quantitative estimate of drug-likeness (QED) is 0.811. The third-order valence-corrected chi connectivity index (χ3v) is 4.33. The maximum atomic E-state index is 12.5. The molecule has 0 bridgehead atoms. The van der Waals surface area contributed by atoms with E-state index >= 15 is 0 Å². The van der Waals surface area contributed by atoms with E-state index in [4.69, 9.17) is 17.3 Å². The molecule has 118 valence electrons. The minimum absolute atomic E-state index is 0.0507. The lowest BCUT2D eigenvalue weighted by molar-refractivity contribution is 0.262. The van der Waals surface area contributed by atoms with E-state index in [1.807, 2.05) is 0 Å². The van der Waals surface area contributed by atoms with E-state index in [2.05, 4.69) is 24.3 Å². The van der Waals surface area contributed by atoms with Crippen LogP contribution in [0.4, 0.5) is 5.69 Å². The van der Waals surface area contributed by atoms with Gasteiger partial charge in [-0.1, -0.05) is 31.9 Å². The van der Waals surface area contributed by atoms with Crippen molar-refractivity contribution in [3.05, 3.63) is 21.6 Å². The molecule has 3 N–H and O–H groups in total. The molecule has 1 saturated carbocycles. The van der Waals surface area contributed by atoms with Gasteiger partial charge in [0.05, 0.1) is 11.2 Å². The van der Waals surface area contributed by atoms with Crippen molar-refractivity contribution in [2.75, 3.05) is 11.9 Å². The lowest BCUT2D eigenvalue weighted by Gasteiger charge is -2.26. The number of nitrogens with one attached hydrogen (secondary N) is 1. The average Bonchev–Trinajstić information content (AvgIpc) is 2.38. The van der Waals surface area contributed by atoms with Crippen molar-refractivity contribution in [2.45, 2.75) is 52.1 Å². The minimum atomic E-state index is -0.142. The monoisotopic (exact) mass is 312 g/mol. The van der Waals surface area contributed by atoms with Gasteiger partial charge in [-0.15, -0.1) is 0 Å². The zero-order valence-electron chi connectivity index (χ0n) is 12.8. The number of rotatable bonds is 7. The number of halogens is 1. The van der Waals surface area contributed by atoms with E-state index in [1.54, 1.807) is 6.20 Å². The van der Waals surface area contributed by atoms with Gasteiger partial charge in [0, 0.05) is 19.1 Å². The van der Waals surface area contributed by atoms with Crippen LogP contribution in [0.15, 0.2) is 11.0 Å². The number of nitrogens with two attached hydrogens (primary N) is 1. The minimum Gasteiger partial charge on any atom is -0.375 e. The summed E-state index contributed by atoms with van der Waals surface area (Å²) in [6.07, 6.45) is 6.06. The molecule has 0 aromatic carbocycles. The fourth-order valence-corrected chi connectivity index (χ4v) is 2.82. The van der Waals surface area contributed by atoms with E-state index in [0.717, 1.165) is 6.42 Å². The summed E-state index contributed by atoms with van der Waals surface area (Å²) in [5.41, 5.74) is 6.08. The molecule has 0 saturated heterocycles. The Kier molecular flexibility index (Phi) is 5.65. The van der Waals surface area contributed by atoms with Crippen LogP contribution in [-0.4, -0.2) is 22.4 Å². The van der Waals surface area contributed by atoms with E-state index in [1.165, 1.54) is 23.9 Å². The molecular weight excluding hydrogens is 288 g/mol. The zero-order chi connectivity index (χ0) is 15.4. The van der Waals surface area contributed by atoms with E-state index in [-0.39, 0.29) is 11.6 Å². The summed E-state index contributed by atoms with van der Waals surface area (Å²) in [5.74, 6) is 1.08. The second-order valence-electron chi connectivity index (χ2n) is 6.36. The molecule has 0 radical (unpaired) electrons. The van der Waals surface area contributed by atoms with Crippen LogP contribution < -0.4 is 16.6 Å². The van der Waals surface area contributed by atoms with Crippen LogP contribution in [0.1, 0.15) is 39.5 Å². The lowest BCUT2D eigenvalue weighted by Crippen LogP contribution is -2.36. The Morgan fingerprint density at radius 2 is 2.24 bits per heavy atom. The van der Waals surface area contributed by atoms with Crippen LogP contribution in [0, 0.1) is 11.8 Å². The fraction of sp³-hybridized carbons (Fsp3) is 0.733. The van der Waals surface area contributed by atoms with E-state index in [9.17, 15) is 4.79 Å². The van der Waals surface area contributed by atoms with Gasteiger partial charge in [0.2, 0.25) is 0 Å². The Morgan fingerprint density at radius 3 is 2.76 bits per heavy atom. The van der Waals surface area contributed by atoms with Crippen LogP contribution in [0.25, 0.3) is 0 Å². The number of nitrogens with zero attached hydrogens (tertiary/aromatic N) is 2. The smallest absolute Gasteiger partial charge is 0.291 e. The predicted octanol–water partition coefficient (Wildman–Crippen LogP) is 2.48. The molecule has 1 unspecified atom stereocenters. The topological polar surface area (TPSA) is 72.9 Å². The summed E-state index contributed by atoms with van der Waals surface area (Å²) >= 11 is 6.14. The second kappa shape index (κ2) is 7.27. The lowest BCUT2D eigenvalue weighted by atomic mass is 9.85. The molecule has 1 fully saturated rings. The molecule has 0 spiro atoms. The highest BCUT2D eigenvalue weighted by Gasteiger charge is 2.21. The molecule has 21 heavy (non-hydrogen) atoms. The van der Waals surface area contributed by atoms with Gasteiger partial charge in [-0.25, -0.2) is 4.68 Å². The first-order valence-electron chi connectivity index (χ1n) is 7.73. The van der Waals surface area contributed by atoms with Gasteiger partial charge in [-0.3, -0.25) is 4.79 Å². The normalized spacial score (nSPS) is 16.8. The van der Waals surface area contributed by atoms with Crippen LogP contribution in [-0.2, 0) is 6.54 Å². The maximum absolute atomic E-state index is 12.5. The molecule has 5 nitrogen and oxygen atoms in total. The molecule has 0 aliphatic heterocycles. The van der Waals surface area contributed by atoms with Gasteiger partial charge in [-0.05, 0) is 31.1 Å². The highest BCUT2D eigenvalue weighted by molar-refractivity contribution is 6.33. The first kappa shape index (κ1) is 16.3. The van der Waals surface area contributed by atoms with Crippen LogP contribution >= 0.6 is 11.6 Å². The highest BCUT2D eigenvalue weighted by Crippen LogP contribution is 2.27. The van der Waals surface area contributed by atoms with Gasteiger partial charge in [-0.2, -0.15) is 5.10 Å². The summed E-state index contributed by atoms with van der Waals surface area (Å²) in [5, 5.41) is 7.74. The molecule has 0 amide bonds. The van der Waals surface area contributed by atoms with Crippen molar-refractivity contribution in [3.8, 4) is 0 Å². The molecule has 1 aromatic rings. The van der Waals surface area contributed by atoms with Gasteiger partial charge in [0.25, 0.3) is 5.56 Å². The largest absolute Gasteiger partial charge is 0.375 e. The van der Waals surface area contributed by atoms with Crippen molar-refractivity contribution in [2.24, 2.45) is 17.6 Å². The third kappa shape index (κ3) is 4.20. The summed E-state index contributed by atoms with van der Waals surface area (Å²) in [6, 6.07) is 0.0507. The highest BCUT2D eigenvalue weighted by atomic mass is 35.5. The molecular formula is C15H25ClN4O. The summed E-state index contributed by atoms with van der Waals surface area (Å²) in [6.45, 7) is 5.42. The first-order chi connectivity index (χ1) is 10.0. The number of aromatic nitrogens is 2. The van der Waals surface area contributed by atoms with Gasteiger partial charge in [0.15, 0.2) is 0 Å². The molecule has 1 atom stereocenters.